The van der Waals surface area contributed by atoms with E-state index >= 15 is 0 Å². The van der Waals surface area contributed by atoms with E-state index in [9.17, 15) is 4.79 Å². The summed E-state index contributed by atoms with van der Waals surface area (Å²) in [5.41, 5.74) is 7.08. The van der Waals surface area contributed by atoms with Crippen molar-refractivity contribution >= 4 is 17.2 Å². The van der Waals surface area contributed by atoms with Crippen LogP contribution in [0.15, 0.2) is 0 Å². The van der Waals surface area contributed by atoms with Gasteiger partial charge in [0.15, 0.2) is 0 Å². The highest BCUT2D eigenvalue weighted by Gasteiger charge is 2.25. The van der Waals surface area contributed by atoms with Gasteiger partial charge in [-0.1, -0.05) is 6.42 Å². The predicted molar refractivity (Wildman–Crippen MR) is 78.2 cm³/mol. The Kier molecular flexibility index (Phi) is 4.93. The van der Waals surface area contributed by atoms with Crippen molar-refractivity contribution in [3.05, 3.63) is 15.6 Å². The lowest BCUT2D eigenvalue weighted by molar-refractivity contribution is -0.122. The number of carbonyl (C=O) groups is 1. The van der Waals surface area contributed by atoms with E-state index in [0.29, 0.717) is 18.9 Å². The molecule has 0 radical (unpaired) electrons. The number of thiazole rings is 1. The Bertz CT molecular complexity index is 424. The molecular formula is C14H23N3OS. The number of aromatic nitrogens is 1. The number of hydrogen-bond donors (Lipinski definition) is 2. The Morgan fingerprint density at radius 1 is 1.47 bits per heavy atom. The fourth-order valence-corrected chi connectivity index (χ4v) is 3.52. The van der Waals surface area contributed by atoms with Gasteiger partial charge in [0.05, 0.1) is 10.7 Å². The minimum atomic E-state index is 0.132. The predicted octanol–water partition coefficient (Wildman–Crippen LogP) is 1.94. The zero-order chi connectivity index (χ0) is 13.8. The molecule has 0 unspecified atom stereocenters. The van der Waals surface area contributed by atoms with Gasteiger partial charge in [0, 0.05) is 30.3 Å². The van der Waals surface area contributed by atoms with Crippen molar-refractivity contribution in [2.24, 2.45) is 11.7 Å². The third kappa shape index (κ3) is 4.01. The Morgan fingerprint density at radius 2 is 2.26 bits per heavy atom. The summed E-state index contributed by atoms with van der Waals surface area (Å²) in [7, 11) is 0. The van der Waals surface area contributed by atoms with Crippen molar-refractivity contribution in [2.45, 2.75) is 52.0 Å². The molecule has 1 aromatic rings. The molecule has 1 fully saturated rings. The first kappa shape index (κ1) is 14.5. The quantitative estimate of drug-likeness (QED) is 0.866. The lowest BCUT2D eigenvalue weighted by Crippen LogP contribution is -2.32. The van der Waals surface area contributed by atoms with Crippen LogP contribution in [0.1, 0.15) is 41.3 Å². The topological polar surface area (TPSA) is 68.0 Å². The smallest absolute Gasteiger partial charge is 0.220 e. The Hall–Kier alpha value is -0.940. The van der Waals surface area contributed by atoms with Crippen LogP contribution in [0.3, 0.4) is 0 Å². The molecule has 2 atom stereocenters. The van der Waals surface area contributed by atoms with Crippen LogP contribution in [0, 0.1) is 19.8 Å². The monoisotopic (exact) mass is 281 g/mol. The van der Waals surface area contributed by atoms with Crippen molar-refractivity contribution in [3.63, 3.8) is 0 Å². The fraction of sp³-hybridized carbons (Fsp3) is 0.714. The van der Waals surface area contributed by atoms with E-state index in [-0.39, 0.29) is 11.9 Å². The summed E-state index contributed by atoms with van der Waals surface area (Å²) in [5.74, 6) is 0.511. The molecule has 106 valence electrons. The summed E-state index contributed by atoms with van der Waals surface area (Å²) in [5, 5.41) is 4.08. The molecule has 1 aromatic heterocycles. The number of rotatable bonds is 5. The Labute approximate surface area is 118 Å². The number of carbonyl (C=O) groups excluding carboxylic acids is 1. The molecule has 0 saturated heterocycles. The van der Waals surface area contributed by atoms with Crippen LogP contribution in [0.5, 0.6) is 0 Å². The van der Waals surface area contributed by atoms with Crippen LogP contribution < -0.4 is 11.1 Å². The molecule has 3 N–H and O–H groups in total. The fourth-order valence-electron chi connectivity index (χ4n) is 2.58. The summed E-state index contributed by atoms with van der Waals surface area (Å²) in [6.07, 6.45) is 4.73. The molecular weight excluding hydrogens is 258 g/mol. The molecule has 1 amide bonds. The molecule has 19 heavy (non-hydrogen) atoms. The van der Waals surface area contributed by atoms with Crippen LogP contribution in [0.25, 0.3) is 0 Å². The zero-order valence-corrected chi connectivity index (χ0v) is 12.6. The molecule has 0 bridgehead atoms. The van der Waals surface area contributed by atoms with Crippen LogP contribution in [0.2, 0.25) is 0 Å². The highest BCUT2D eigenvalue weighted by atomic mass is 32.1. The number of amides is 1. The highest BCUT2D eigenvalue weighted by molar-refractivity contribution is 7.11. The minimum absolute atomic E-state index is 0.132. The summed E-state index contributed by atoms with van der Waals surface area (Å²) < 4.78 is 0. The van der Waals surface area contributed by atoms with Gasteiger partial charge >= 0.3 is 0 Å². The summed E-state index contributed by atoms with van der Waals surface area (Å²) in [6.45, 7) is 4.78. The van der Waals surface area contributed by atoms with Gasteiger partial charge < -0.3 is 11.1 Å². The standard InChI is InChI=1S/C14H23N3OS/c1-9-10(2)19-14(17-9)6-7-16-13(18)8-11-4-3-5-12(11)15/h11-12H,3-8,15H2,1-2H3,(H,16,18)/t11-,12+/m0/s1. The highest BCUT2D eigenvalue weighted by Crippen LogP contribution is 2.26. The first-order valence-electron chi connectivity index (χ1n) is 7.01. The SMILES string of the molecule is Cc1nc(CCNC(=O)C[C@@H]2CCC[C@H]2N)sc1C. The molecule has 5 heteroatoms. The van der Waals surface area contributed by atoms with Gasteiger partial charge in [-0.25, -0.2) is 4.98 Å². The van der Waals surface area contributed by atoms with Gasteiger partial charge in [-0.15, -0.1) is 11.3 Å². The van der Waals surface area contributed by atoms with Crippen LogP contribution in [-0.4, -0.2) is 23.5 Å². The van der Waals surface area contributed by atoms with E-state index in [1.54, 1.807) is 11.3 Å². The Balaban J connectivity index is 1.69. The van der Waals surface area contributed by atoms with E-state index in [2.05, 4.69) is 17.2 Å². The zero-order valence-electron chi connectivity index (χ0n) is 11.7. The van der Waals surface area contributed by atoms with E-state index in [0.717, 1.165) is 36.4 Å². The summed E-state index contributed by atoms with van der Waals surface area (Å²) in [4.78, 5) is 17.6. The van der Waals surface area contributed by atoms with Gasteiger partial charge in [0.1, 0.15) is 0 Å². The number of hydrogen-bond acceptors (Lipinski definition) is 4. The first-order valence-corrected chi connectivity index (χ1v) is 7.83. The number of nitrogens with one attached hydrogen (secondary N) is 1. The molecule has 1 aliphatic rings. The average Bonchev–Trinajstić information content (AvgIpc) is 2.87. The summed E-state index contributed by atoms with van der Waals surface area (Å²) >= 11 is 1.72. The molecule has 1 aliphatic carbocycles. The van der Waals surface area contributed by atoms with E-state index in [1.165, 1.54) is 4.88 Å². The maximum Gasteiger partial charge on any atom is 0.220 e. The molecule has 1 heterocycles. The number of nitrogens with zero attached hydrogens (tertiary/aromatic N) is 1. The second-order valence-corrected chi connectivity index (χ2v) is 6.70. The van der Waals surface area contributed by atoms with Gasteiger partial charge in [-0.05, 0) is 32.6 Å². The lowest BCUT2D eigenvalue weighted by atomic mass is 10.00. The first-order chi connectivity index (χ1) is 9.06. The van der Waals surface area contributed by atoms with Gasteiger partial charge in [0.2, 0.25) is 5.91 Å². The number of nitrogens with two attached hydrogens (primary N) is 1. The second-order valence-electron chi connectivity index (χ2n) is 5.41. The largest absolute Gasteiger partial charge is 0.356 e. The minimum Gasteiger partial charge on any atom is -0.356 e. The van der Waals surface area contributed by atoms with E-state index in [1.807, 2.05) is 6.92 Å². The van der Waals surface area contributed by atoms with Crippen molar-refractivity contribution in [1.29, 1.82) is 0 Å². The third-order valence-electron chi connectivity index (χ3n) is 3.90. The van der Waals surface area contributed by atoms with Crippen molar-refractivity contribution in [3.8, 4) is 0 Å². The average molecular weight is 281 g/mol. The summed E-state index contributed by atoms with van der Waals surface area (Å²) in [6, 6.07) is 0.218. The number of aryl methyl sites for hydroxylation is 2. The normalized spacial score (nSPS) is 22.7. The maximum atomic E-state index is 11.8. The van der Waals surface area contributed by atoms with Crippen molar-refractivity contribution < 1.29 is 4.79 Å². The molecule has 0 aliphatic heterocycles. The van der Waals surface area contributed by atoms with Crippen LogP contribution in [0.4, 0.5) is 0 Å². The molecule has 1 saturated carbocycles. The van der Waals surface area contributed by atoms with Crippen molar-refractivity contribution in [2.75, 3.05) is 6.54 Å². The lowest BCUT2D eigenvalue weighted by Gasteiger charge is -2.14. The maximum absolute atomic E-state index is 11.8. The van der Waals surface area contributed by atoms with Gasteiger partial charge in [-0.2, -0.15) is 0 Å². The Morgan fingerprint density at radius 3 is 2.84 bits per heavy atom. The third-order valence-corrected chi connectivity index (χ3v) is 5.03. The van der Waals surface area contributed by atoms with Crippen molar-refractivity contribution in [1.82, 2.24) is 10.3 Å². The second kappa shape index (κ2) is 6.48. The van der Waals surface area contributed by atoms with Gasteiger partial charge in [0.25, 0.3) is 0 Å². The molecule has 0 spiro atoms. The van der Waals surface area contributed by atoms with Crippen LogP contribution in [-0.2, 0) is 11.2 Å². The van der Waals surface area contributed by atoms with Gasteiger partial charge in [-0.3, -0.25) is 4.79 Å². The van der Waals surface area contributed by atoms with E-state index in [4.69, 9.17) is 5.73 Å². The molecule has 4 nitrogen and oxygen atoms in total. The molecule has 2 rings (SSSR count). The van der Waals surface area contributed by atoms with E-state index < -0.39 is 0 Å². The molecule has 0 aromatic carbocycles. The van der Waals surface area contributed by atoms with Crippen LogP contribution >= 0.6 is 11.3 Å².